The summed E-state index contributed by atoms with van der Waals surface area (Å²) in [6.45, 7) is 3.79. The standard InChI is InChI=1S/C13H19F2NO/c1-4-13(5-2,17-3)12(16)11-9(14)7-6-8-10(11)15/h6-8,12H,4-5,16H2,1-3H3. The predicted octanol–water partition coefficient (Wildman–Crippen LogP) is 3.17. The molecule has 0 aliphatic heterocycles. The highest BCUT2D eigenvalue weighted by atomic mass is 19.1. The monoisotopic (exact) mass is 243 g/mol. The van der Waals surface area contributed by atoms with Gasteiger partial charge >= 0.3 is 0 Å². The van der Waals surface area contributed by atoms with E-state index in [1.165, 1.54) is 25.3 Å². The zero-order valence-electron chi connectivity index (χ0n) is 10.5. The van der Waals surface area contributed by atoms with Crippen molar-refractivity contribution in [3.63, 3.8) is 0 Å². The molecule has 0 spiro atoms. The summed E-state index contributed by atoms with van der Waals surface area (Å²) in [5.41, 5.74) is 5.17. The normalized spacial score (nSPS) is 13.8. The van der Waals surface area contributed by atoms with Crippen LogP contribution in [0.3, 0.4) is 0 Å². The molecule has 1 unspecified atom stereocenters. The van der Waals surface area contributed by atoms with Crippen molar-refractivity contribution in [1.82, 2.24) is 0 Å². The molecule has 0 bridgehead atoms. The van der Waals surface area contributed by atoms with Crippen LogP contribution < -0.4 is 5.73 Å². The summed E-state index contributed by atoms with van der Waals surface area (Å²) in [6.07, 6.45) is 1.18. The van der Waals surface area contributed by atoms with Gasteiger partial charge in [0, 0.05) is 12.7 Å². The summed E-state index contributed by atoms with van der Waals surface area (Å²) in [5, 5.41) is 0. The first-order chi connectivity index (χ1) is 8.02. The van der Waals surface area contributed by atoms with Crippen LogP contribution in [0.4, 0.5) is 8.78 Å². The fraction of sp³-hybridized carbons (Fsp3) is 0.538. The van der Waals surface area contributed by atoms with E-state index in [0.717, 1.165) is 0 Å². The van der Waals surface area contributed by atoms with Crippen LogP contribution in [0.2, 0.25) is 0 Å². The van der Waals surface area contributed by atoms with Gasteiger partial charge in [0.15, 0.2) is 0 Å². The highest BCUT2D eigenvalue weighted by Crippen LogP contribution is 2.35. The lowest BCUT2D eigenvalue weighted by molar-refractivity contribution is -0.0401. The lowest BCUT2D eigenvalue weighted by atomic mass is 9.84. The van der Waals surface area contributed by atoms with Crippen LogP contribution in [0, 0.1) is 11.6 Å². The molecule has 4 heteroatoms. The summed E-state index contributed by atoms with van der Waals surface area (Å²) in [7, 11) is 1.52. The van der Waals surface area contributed by atoms with Gasteiger partial charge in [-0.05, 0) is 25.0 Å². The van der Waals surface area contributed by atoms with Gasteiger partial charge < -0.3 is 10.5 Å². The zero-order valence-corrected chi connectivity index (χ0v) is 10.5. The van der Waals surface area contributed by atoms with Gasteiger partial charge in [-0.25, -0.2) is 8.78 Å². The second-order valence-corrected chi connectivity index (χ2v) is 4.09. The molecule has 0 saturated carbocycles. The third-order valence-corrected chi connectivity index (χ3v) is 3.48. The van der Waals surface area contributed by atoms with Crippen molar-refractivity contribution in [2.75, 3.05) is 7.11 Å². The molecule has 0 fully saturated rings. The maximum atomic E-state index is 13.7. The molecule has 0 saturated heterocycles. The molecule has 2 N–H and O–H groups in total. The van der Waals surface area contributed by atoms with E-state index in [0.29, 0.717) is 12.8 Å². The first-order valence-corrected chi connectivity index (χ1v) is 5.77. The van der Waals surface area contributed by atoms with Crippen molar-refractivity contribution >= 4 is 0 Å². The number of rotatable bonds is 5. The zero-order chi connectivity index (χ0) is 13.1. The average Bonchev–Trinajstić information content (AvgIpc) is 2.32. The van der Waals surface area contributed by atoms with Crippen LogP contribution in [-0.4, -0.2) is 12.7 Å². The van der Waals surface area contributed by atoms with Gasteiger partial charge in [-0.1, -0.05) is 19.9 Å². The van der Waals surface area contributed by atoms with E-state index < -0.39 is 23.3 Å². The molecular weight excluding hydrogens is 224 g/mol. The number of hydrogen-bond donors (Lipinski definition) is 1. The number of hydrogen-bond acceptors (Lipinski definition) is 2. The summed E-state index contributed by atoms with van der Waals surface area (Å²) in [4.78, 5) is 0. The highest BCUT2D eigenvalue weighted by Gasteiger charge is 2.37. The molecular formula is C13H19F2NO. The molecule has 0 aromatic heterocycles. The van der Waals surface area contributed by atoms with E-state index >= 15 is 0 Å². The molecule has 0 heterocycles. The van der Waals surface area contributed by atoms with Crippen molar-refractivity contribution in [1.29, 1.82) is 0 Å². The number of ether oxygens (including phenoxy) is 1. The van der Waals surface area contributed by atoms with Crippen LogP contribution in [0.25, 0.3) is 0 Å². The van der Waals surface area contributed by atoms with Gasteiger partial charge in [0.1, 0.15) is 11.6 Å². The van der Waals surface area contributed by atoms with Crippen molar-refractivity contribution < 1.29 is 13.5 Å². The van der Waals surface area contributed by atoms with Crippen LogP contribution in [0.15, 0.2) is 18.2 Å². The lowest BCUT2D eigenvalue weighted by Gasteiger charge is -2.36. The Morgan fingerprint density at radius 2 is 1.71 bits per heavy atom. The topological polar surface area (TPSA) is 35.2 Å². The Balaban J connectivity index is 3.23. The fourth-order valence-electron chi connectivity index (χ4n) is 2.18. The molecule has 1 atom stereocenters. The summed E-state index contributed by atoms with van der Waals surface area (Å²) in [5.74, 6) is -1.25. The SMILES string of the molecule is CCC(CC)(OC)C(N)c1c(F)cccc1F. The van der Waals surface area contributed by atoms with Crippen LogP contribution in [0.1, 0.15) is 38.3 Å². The first-order valence-electron chi connectivity index (χ1n) is 5.77. The minimum atomic E-state index is -0.816. The molecule has 0 radical (unpaired) electrons. The quantitative estimate of drug-likeness (QED) is 0.862. The van der Waals surface area contributed by atoms with Gasteiger partial charge in [0.05, 0.1) is 11.6 Å². The largest absolute Gasteiger partial charge is 0.376 e. The average molecular weight is 243 g/mol. The minimum Gasteiger partial charge on any atom is -0.376 e. The molecule has 96 valence electrons. The second kappa shape index (κ2) is 5.56. The molecule has 1 aromatic carbocycles. The smallest absolute Gasteiger partial charge is 0.131 e. The lowest BCUT2D eigenvalue weighted by Crippen LogP contribution is -2.43. The Labute approximate surface area is 101 Å². The van der Waals surface area contributed by atoms with E-state index in [2.05, 4.69) is 0 Å². The van der Waals surface area contributed by atoms with Crippen molar-refractivity contribution in [2.45, 2.75) is 38.3 Å². The Hall–Kier alpha value is -1.00. The van der Waals surface area contributed by atoms with E-state index in [1.54, 1.807) is 0 Å². The summed E-state index contributed by atoms with van der Waals surface area (Å²) < 4.78 is 32.7. The Kier molecular flexibility index (Phi) is 4.60. The molecule has 0 amide bonds. The van der Waals surface area contributed by atoms with Gasteiger partial charge in [0.25, 0.3) is 0 Å². The summed E-state index contributed by atoms with van der Waals surface area (Å²) in [6, 6.07) is 2.94. The first kappa shape index (κ1) is 14.1. The molecule has 1 aromatic rings. The van der Waals surface area contributed by atoms with Gasteiger partial charge in [-0.2, -0.15) is 0 Å². The predicted molar refractivity (Wildman–Crippen MR) is 63.6 cm³/mol. The summed E-state index contributed by atoms with van der Waals surface area (Å²) >= 11 is 0. The van der Waals surface area contributed by atoms with Gasteiger partial charge in [-0.3, -0.25) is 0 Å². The molecule has 0 aliphatic rings. The Morgan fingerprint density at radius 1 is 1.24 bits per heavy atom. The third kappa shape index (κ3) is 2.48. The number of nitrogens with two attached hydrogens (primary N) is 1. The van der Waals surface area contributed by atoms with E-state index in [1.807, 2.05) is 13.8 Å². The number of methoxy groups -OCH3 is 1. The van der Waals surface area contributed by atoms with Gasteiger partial charge in [0.2, 0.25) is 0 Å². The van der Waals surface area contributed by atoms with E-state index in [4.69, 9.17) is 10.5 Å². The van der Waals surface area contributed by atoms with E-state index in [-0.39, 0.29) is 5.56 Å². The Bertz CT molecular complexity index is 349. The Morgan fingerprint density at radius 3 is 2.06 bits per heavy atom. The molecule has 0 aliphatic carbocycles. The van der Waals surface area contributed by atoms with Crippen molar-refractivity contribution in [3.8, 4) is 0 Å². The number of halogens is 2. The van der Waals surface area contributed by atoms with Crippen LogP contribution in [-0.2, 0) is 4.74 Å². The third-order valence-electron chi connectivity index (χ3n) is 3.48. The van der Waals surface area contributed by atoms with Crippen LogP contribution in [0.5, 0.6) is 0 Å². The highest BCUT2D eigenvalue weighted by molar-refractivity contribution is 5.25. The molecule has 2 nitrogen and oxygen atoms in total. The van der Waals surface area contributed by atoms with Crippen molar-refractivity contribution in [3.05, 3.63) is 35.4 Å². The molecule has 17 heavy (non-hydrogen) atoms. The second-order valence-electron chi connectivity index (χ2n) is 4.09. The maximum absolute atomic E-state index is 13.7. The minimum absolute atomic E-state index is 0.0990. The van der Waals surface area contributed by atoms with E-state index in [9.17, 15) is 8.78 Å². The van der Waals surface area contributed by atoms with Gasteiger partial charge in [-0.15, -0.1) is 0 Å². The molecule has 1 rings (SSSR count). The fourth-order valence-corrected chi connectivity index (χ4v) is 2.18. The maximum Gasteiger partial charge on any atom is 0.131 e. The number of benzene rings is 1. The van der Waals surface area contributed by atoms with Crippen LogP contribution >= 0.6 is 0 Å². The van der Waals surface area contributed by atoms with Crippen molar-refractivity contribution in [2.24, 2.45) is 5.73 Å².